The molecule has 2 N–H and O–H groups in total. The highest BCUT2D eigenvalue weighted by molar-refractivity contribution is 5.77. The molecule has 0 saturated heterocycles. The number of H-pyrrole nitrogens is 1. The number of imidazole rings is 1. The summed E-state index contributed by atoms with van der Waals surface area (Å²) in [6.45, 7) is 0.552. The average Bonchev–Trinajstić information content (AvgIpc) is 3.20. The number of benzene rings is 2. The number of rotatable bonds is 4. The molecule has 22 heavy (non-hydrogen) atoms. The van der Waals surface area contributed by atoms with Gasteiger partial charge in [0.15, 0.2) is 0 Å². The van der Waals surface area contributed by atoms with Gasteiger partial charge in [0.2, 0.25) is 11.8 Å². The number of aromatic nitrogens is 3. The van der Waals surface area contributed by atoms with Gasteiger partial charge in [0.1, 0.15) is 6.26 Å². The minimum absolute atomic E-state index is 0.552. The van der Waals surface area contributed by atoms with Crippen LogP contribution in [0.2, 0.25) is 0 Å². The third-order valence-corrected chi connectivity index (χ3v) is 3.40. The van der Waals surface area contributed by atoms with Crippen molar-refractivity contribution in [2.45, 2.75) is 6.54 Å². The van der Waals surface area contributed by atoms with Crippen LogP contribution in [0.1, 0.15) is 5.69 Å². The van der Waals surface area contributed by atoms with Crippen molar-refractivity contribution in [3.05, 3.63) is 66.6 Å². The summed E-state index contributed by atoms with van der Waals surface area (Å²) in [6, 6.07) is 17.8. The van der Waals surface area contributed by atoms with Crippen LogP contribution in [0.3, 0.4) is 0 Å². The zero-order valence-corrected chi connectivity index (χ0v) is 11.8. The topological polar surface area (TPSA) is 66.7 Å². The van der Waals surface area contributed by atoms with E-state index in [-0.39, 0.29) is 0 Å². The second-order valence-electron chi connectivity index (χ2n) is 4.97. The van der Waals surface area contributed by atoms with Crippen molar-refractivity contribution < 1.29 is 4.42 Å². The summed E-state index contributed by atoms with van der Waals surface area (Å²) in [4.78, 5) is 12.2. The van der Waals surface area contributed by atoms with Crippen LogP contribution in [0.4, 0.5) is 5.95 Å². The van der Waals surface area contributed by atoms with Gasteiger partial charge in [-0.2, -0.15) is 0 Å². The molecular formula is C17H14N4O. The SMILES string of the molecule is c1ccc(-c2nc(CNc3nc4ccccc4[nH]3)co2)cc1. The largest absolute Gasteiger partial charge is 0.444 e. The van der Waals surface area contributed by atoms with Gasteiger partial charge in [-0.3, -0.25) is 0 Å². The Labute approximate surface area is 127 Å². The summed E-state index contributed by atoms with van der Waals surface area (Å²) < 4.78 is 5.52. The molecule has 0 unspecified atom stereocenters. The Bertz CT molecular complexity index is 862. The number of para-hydroxylation sites is 2. The number of anilines is 1. The predicted molar refractivity (Wildman–Crippen MR) is 85.4 cm³/mol. The van der Waals surface area contributed by atoms with Crippen molar-refractivity contribution in [2.24, 2.45) is 0 Å². The molecule has 108 valence electrons. The van der Waals surface area contributed by atoms with Gasteiger partial charge in [-0.05, 0) is 24.3 Å². The Kier molecular flexibility index (Phi) is 3.08. The molecule has 2 heterocycles. The van der Waals surface area contributed by atoms with Crippen molar-refractivity contribution >= 4 is 17.0 Å². The maximum absolute atomic E-state index is 5.52. The highest BCUT2D eigenvalue weighted by Gasteiger charge is 2.07. The van der Waals surface area contributed by atoms with Crippen LogP contribution in [0.15, 0.2) is 65.3 Å². The number of hydrogen-bond acceptors (Lipinski definition) is 4. The first-order valence-electron chi connectivity index (χ1n) is 7.07. The Morgan fingerprint density at radius 3 is 2.64 bits per heavy atom. The minimum Gasteiger partial charge on any atom is -0.444 e. The molecule has 0 atom stereocenters. The maximum Gasteiger partial charge on any atom is 0.226 e. The van der Waals surface area contributed by atoms with Gasteiger partial charge in [-0.15, -0.1) is 0 Å². The molecule has 0 amide bonds. The Hall–Kier alpha value is -3.08. The van der Waals surface area contributed by atoms with Crippen LogP contribution in [-0.2, 0) is 6.54 Å². The van der Waals surface area contributed by atoms with Crippen LogP contribution in [0, 0.1) is 0 Å². The molecule has 0 aliphatic heterocycles. The normalized spacial score (nSPS) is 10.9. The highest BCUT2D eigenvalue weighted by Crippen LogP contribution is 2.19. The summed E-state index contributed by atoms with van der Waals surface area (Å²) in [5.41, 5.74) is 3.75. The van der Waals surface area contributed by atoms with E-state index in [0.717, 1.165) is 28.2 Å². The lowest BCUT2D eigenvalue weighted by atomic mass is 10.2. The van der Waals surface area contributed by atoms with Gasteiger partial charge in [0.05, 0.1) is 23.3 Å². The molecule has 0 bridgehead atoms. The third-order valence-electron chi connectivity index (χ3n) is 3.40. The van der Waals surface area contributed by atoms with Crippen molar-refractivity contribution in [2.75, 3.05) is 5.32 Å². The highest BCUT2D eigenvalue weighted by atomic mass is 16.3. The fourth-order valence-corrected chi connectivity index (χ4v) is 2.31. The molecule has 0 saturated carbocycles. The predicted octanol–water partition coefficient (Wildman–Crippen LogP) is 3.83. The maximum atomic E-state index is 5.52. The van der Waals surface area contributed by atoms with Crippen LogP contribution < -0.4 is 5.32 Å². The summed E-state index contributed by atoms with van der Waals surface area (Å²) in [6.07, 6.45) is 1.66. The lowest BCUT2D eigenvalue weighted by Crippen LogP contribution is -2.01. The van der Waals surface area contributed by atoms with E-state index in [1.165, 1.54) is 0 Å². The molecule has 2 aromatic carbocycles. The molecule has 0 radical (unpaired) electrons. The molecule has 4 rings (SSSR count). The second kappa shape index (κ2) is 5.37. The molecule has 0 fully saturated rings. The molecule has 4 aromatic rings. The standard InChI is InChI=1S/C17H14N4O/c1-2-6-12(7-3-1)16-19-13(11-22-16)10-18-17-20-14-8-4-5-9-15(14)21-17/h1-9,11H,10H2,(H2,18,20,21). The smallest absolute Gasteiger partial charge is 0.226 e. The molecule has 5 nitrogen and oxygen atoms in total. The molecule has 0 aliphatic rings. The number of nitrogens with one attached hydrogen (secondary N) is 2. The second-order valence-corrected chi connectivity index (χ2v) is 4.97. The summed E-state index contributed by atoms with van der Waals surface area (Å²) in [7, 11) is 0. The van der Waals surface area contributed by atoms with Crippen molar-refractivity contribution in [1.29, 1.82) is 0 Å². The Morgan fingerprint density at radius 2 is 1.77 bits per heavy atom. The van der Waals surface area contributed by atoms with Gasteiger partial charge >= 0.3 is 0 Å². The molecule has 0 spiro atoms. The summed E-state index contributed by atoms with van der Waals surface area (Å²) >= 11 is 0. The van der Waals surface area contributed by atoms with E-state index >= 15 is 0 Å². The van der Waals surface area contributed by atoms with E-state index in [1.54, 1.807) is 6.26 Å². The number of oxazole rings is 1. The van der Waals surface area contributed by atoms with Crippen LogP contribution in [0.25, 0.3) is 22.5 Å². The molecule has 0 aliphatic carbocycles. The molecular weight excluding hydrogens is 276 g/mol. The molecule has 2 aromatic heterocycles. The zero-order valence-electron chi connectivity index (χ0n) is 11.8. The fraction of sp³-hybridized carbons (Fsp3) is 0.0588. The van der Waals surface area contributed by atoms with E-state index < -0.39 is 0 Å². The Morgan fingerprint density at radius 1 is 0.955 bits per heavy atom. The van der Waals surface area contributed by atoms with E-state index in [0.29, 0.717) is 12.4 Å². The average molecular weight is 290 g/mol. The fourth-order valence-electron chi connectivity index (χ4n) is 2.31. The number of fused-ring (bicyclic) bond motifs is 1. The van der Waals surface area contributed by atoms with E-state index in [1.807, 2.05) is 54.6 Å². The van der Waals surface area contributed by atoms with E-state index in [4.69, 9.17) is 4.42 Å². The van der Waals surface area contributed by atoms with Crippen LogP contribution in [0.5, 0.6) is 0 Å². The van der Waals surface area contributed by atoms with E-state index in [9.17, 15) is 0 Å². The monoisotopic (exact) mass is 290 g/mol. The van der Waals surface area contributed by atoms with Crippen LogP contribution >= 0.6 is 0 Å². The zero-order chi connectivity index (χ0) is 14.8. The van der Waals surface area contributed by atoms with Crippen LogP contribution in [-0.4, -0.2) is 15.0 Å². The van der Waals surface area contributed by atoms with Crippen molar-refractivity contribution in [3.63, 3.8) is 0 Å². The van der Waals surface area contributed by atoms with Gasteiger partial charge in [-0.25, -0.2) is 9.97 Å². The summed E-state index contributed by atoms with van der Waals surface area (Å²) in [5, 5.41) is 3.23. The van der Waals surface area contributed by atoms with Gasteiger partial charge in [-0.1, -0.05) is 30.3 Å². The summed E-state index contributed by atoms with van der Waals surface area (Å²) in [5.74, 6) is 1.35. The number of aromatic amines is 1. The quantitative estimate of drug-likeness (QED) is 0.599. The van der Waals surface area contributed by atoms with Gasteiger partial charge in [0, 0.05) is 5.56 Å². The van der Waals surface area contributed by atoms with Crippen molar-refractivity contribution in [1.82, 2.24) is 15.0 Å². The first kappa shape index (κ1) is 12.6. The first-order valence-corrected chi connectivity index (χ1v) is 7.07. The number of hydrogen-bond donors (Lipinski definition) is 2. The van der Waals surface area contributed by atoms with Crippen molar-refractivity contribution in [3.8, 4) is 11.5 Å². The van der Waals surface area contributed by atoms with Gasteiger partial charge in [0.25, 0.3) is 0 Å². The molecule has 5 heteroatoms. The first-order chi connectivity index (χ1) is 10.9. The van der Waals surface area contributed by atoms with Gasteiger partial charge < -0.3 is 14.7 Å². The minimum atomic E-state index is 0.552. The number of nitrogens with zero attached hydrogens (tertiary/aromatic N) is 2. The third kappa shape index (κ3) is 2.44. The Balaban J connectivity index is 1.49. The lowest BCUT2D eigenvalue weighted by Gasteiger charge is -1.97. The van der Waals surface area contributed by atoms with E-state index in [2.05, 4.69) is 20.3 Å². The lowest BCUT2D eigenvalue weighted by molar-refractivity contribution is 0.573.